The summed E-state index contributed by atoms with van der Waals surface area (Å²) >= 11 is 3.49. The first-order valence-corrected chi connectivity index (χ1v) is 10.9. The fourth-order valence-corrected chi connectivity index (χ4v) is 3.48. The molecule has 0 aliphatic heterocycles. The zero-order chi connectivity index (χ0) is 23.8. The van der Waals surface area contributed by atoms with Crippen LogP contribution in [0.3, 0.4) is 0 Å². The van der Waals surface area contributed by atoms with E-state index in [9.17, 15) is 9.59 Å². The first-order chi connectivity index (χ1) is 15.9. The maximum Gasteiger partial charge on any atom is 0.329 e. The highest BCUT2D eigenvalue weighted by atomic mass is 79.9. The Kier molecular flexibility index (Phi) is 8.21. The first-order valence-electron chi connectivity index (χ1n) is 10.1. The van der Waals surface area contributed by atoms with E-state index in [2.05, 4.69) is 31.8 Å². The Balaban J connectivity index is 1.61. The van der Waals surface area contributed by atoms with Gasteiger partial charge in [0, 0.05) is 5.69 Å². The van der Waals surface area contributed by atoms with Crippen LogP contribution in [-0.4, -0.2) is 25.1 Å². The van der Waals surface area contributed by atoms with Crippen LogP contribution in [0.2, 0.25) is 0 Å². The zero-order valence-corrected chi connectivity index (χ0v) is 20.1. The number of nitrogens with one attached hydrogen (secondary N) is 2. The van der Waals surface area contributed by atoms with E-state index in [4.69, 9.17) is 9.47 Å². The van der Waals surface area contributed by atoms with Crippen molar-refractivity contribution in [3.05, 3.63) is 87.4 Å². The number of nitrogens with zero attached hydrogens (tertiary/aromatic N) is 1. The van der Waals surface area contributed by atoms with Crippen LogP contribution >= 0.6 is 15.9 Å². The van der Waals surface area contributed by atoms with Gasteiger partial charge in [0.15, 0.2) is 11.5 Å². The molecular formula is C25H24BrN3O4. The molecule has 2 N–H and O–H groups in total. The maximum atomic E-state index is 12.1. The number of rotatable bonds is 7. The summed E-state index contributed by atoms with van der Waals surface area (Å²) in [6.07, 6.45) is 1.41. The SMILES string of the molecule is COc1cc(C=NNC(=O)C(=O)Nc2ccc(C)c(C)c2)cc(Br)c1OCc1ccccc1. The Morgan fingerprint density at radius 1 is 1.00 bits per heavy atom. The highest BCUT2D eigenvalue weighted by molar-refractivity contribution is 9.10. The number of ether oxygens (including phenoxy) is 2. The molecule has 3 aromatic carbocycles. The summed E-state index contributed by atoms with van der Waals surface area (Å²) in [6.45, 7) is 4.28. The topological polar surface area (TPSA) is 89.0 Å². The molecule has 0 aliphatic rings. The Labute approximate surface area is 200 Å². The van der Waals surface area contributed by atoms with Crippen LogP contribution in [-0.2, 0) is 16.2 Å². The van der Waals surface area contributed by atoms with Crippen LogP contribution in [0.15, 0.2) is 70.2 Å². The standard InChI is InChI=1S/C25H24BrN3O4/c1-16-9-10-20(11-17(16)2)28-24(30)25(31)29-27-14-19-12-21(26)23(22(13-19)32-3)33-15-18-7-5-4-6-8-18/h4-14H,15H2,1-3H3,(H,28,30)(H,29,31). The van der Waals surface area contributed by atoms with Crippen LogP contribution in [0.25, 0.3) is 0 Å². The van der Waals surface area contributed by atoms with E-state index >= 15 is 0 Å². The summed E-state index contributed by atoms with van der Waals surface area (Å²) in [5.74, 6) is -0.631. The van der Waals surface area contributed by atoms with Crippen molar-refractivity contribution in [1.82, 2.24) is 5.43 Å². The zero-order valence-electron chi connectivity index (χ0n) is 18.5. The van der Waals surface area contributed by atoms with E-state index in [-0.39, 0.29) is 0 Å². The number of anilines is 1. The third-order valence-corrected chi connectivity index (χ3v) is 5.42. The van der Waals surface area contributed by atoms with Gasteiger partial charge in [0.2, 0.25) is 0 Å². The highest BCUT2D eigenvalue weighted by Crippen LogP contribution is 2.36. The van der Waals surface area contributed by atoms with Crippen LogP contribution in [0.1, 0.15) is 22.3 Å². The minimum Gasteiger partial charge on any atom is -0.493 e. The van der Waals surface area contributed by atoms with Gasteiger partial charge in [-0.15, -0.1) is 0 Å². The minimum absolute atomic E-state index is 0.384. The fraction of sp³-hybridized carbons (Fsp3) is 0.160. The van der Waals surface area contributed by atoms with Crippen LogP contribution < -0.4 is 20.2 Å². The lowest BCUT2D eigenvalue weighted by Gasteiger charge is -2.13. The summed E-state index contributed by atoms with van der Waals surface area (Å²) in [5, 5.41) is 6.42. The lowest BCUT2D eigenvalue weighted by molar-refractivity contribution is -0.136. The lowest BCUT2D eigenvalue weighted by Crippen LogP contribution is -2.32. The number of amides is 2. The van der Waals surface area contributed by atoms with E-state index in [1.165, 1.54) is 13.3 Å². The highest BCUT2D eigenvalue weighted by Gasteiger charge is 2.14. The average Bonchev–Trinajstić information content (AvgIpc) is 2.81. The second-order valence-electron chi connectivity index (χ2n) is 7.26. The minimum atomic E-state index is -0.877. The van der Waals surface area contributed by atoms with Crippen molar-refractivity contribution in [1.29, 1.82) is 0 Å². The van der Waals surface area contributed by atoms with Gasteiger partial charge in [0.05, 0.1) is 17.8 Å². The number of carbonyl (C=O) groups excluding carboxylic acids is 2. The molecule has 0 bridgehead atoms. The van der Waals surface area contributed by atoms with Gasteiger partial charge in [0.25, 0.3) is 0 Å². The summed E-state index contributed by atoms with van der Waals surface area (Å²) in [4.78, 5) is 24.2. The molecule has 170 valence electrons. The molecule has 0 saturated heterocycles. The first kappa shape index (κ1) is 24.0. The summed E-state index contributed by atoms with van der Waals surface area (Å²) in [6, 6.07) is 18.7. The second kappa shape index (κ2) is 11.3. The molecule has 0 aliphatic carbocycles. The number of hydrogen-bond donors (Lipinski definition) is 2. The number of hydrogen-bond acceptors (Lipinski definition) is 5. The van der Waals surface area contributed by atoms with Crippen molar-refractivity contribution in [2.75, 3.05) is 12.4 Å². The molecule has 3 aromatic rings. The molecule has 0 atom stereocenters. The third kappa shape index (κ3) is 6.66. The molecule has 0 unspecified atom stereocenters. The molecule has 0 aromatic heterocycles. The molecule has 0 saturated carbocycles. The predicted octanol–water partition coefficient (Wildman–Crippen LogP) is 4.74. The Morgan fingerprint density at radius 3 is 2.45 bits per heavy atom. The number of aryl methyl sites for hydroxylation is 2. The third-order valence-electron chi connectivity index (χ3n) is 4.83. The molecule has 0 spiro atoms. The van der Waals surface area contributed by atoms with E-state index < -0.39 is 11.8 Å². The summed E-state index contributed by atoms with van der Waals surface area (Å²) in [5.41, 5.74) is 6.55. The predicted molar refractivity (Wildman–Crippen MR) is 132 cm³/mol. The largest absolute Gasteiger partial charge is 0.493 e. The van der Waals surface area contributed by atoms with Gasteiger partial charge >= 0.3 is 11.8 Å². The van der Waals surface area contributed by atoms with Gasteiger partial charge in [-0.25, -0.2) is 5.43 Å². The van der Waals surface area contributed by atoms with Crippen molar-refractivity contribution in [3.8, 4) is 11.5 Å². The van der Waals surface area contributed by atoms with Gasteiger partial charge in [-0.3, -0.25) is 9.59 Å². The van der Waals surface area contributed by atoms with Gasteiger partial charge in [-0.1, -0.05) is 36.4 Å². The van der Waals surface area contributed by atoms with Gasteiger partial charge in [-0.05, 0) is 76.3 Å². The second-order valence-corrected chi connectivity index (χ2v) is 8.12. The summed E-state index contributed by atoms with van der Waals surface area (Å²) < 4.78 is 12.0. The Morgan fingerprint density at radius 2 is 1.76 bits per heavy atom. The maximum absolute atomic E-state index is 12.1. The van der Waals surface area contributed by atoms with Crippen molar-refractivity contribution in [3.63, 3.8) is 0 Å². The molecule has 8 heteroatoms. The monoisotopic (exact) mass is 509 g/mol. The van der Waals surface area contributed by atoms with Crippen molar-refractivity contribution >= 4 is 39.6 Å². The van der Waals surface area contributed by atoms with Gasteiger partial charge in [-0.2, -0.15) is 5.10 Å². The normalized spacial score (nSPS) is 10.7. The van der Waals surface area contributed by atoms with Crippen molar-refractivity contribution in [2.45, 2.75) is 20.5 Å². The molecule has 0 heterocycles. The lowest BCUT2D eigenvalue weighted by atomic mass is 10.1. The van der Waals surface area contributed by atoms with Crippen LogP contribution in [0.5, 0.6) is 11.5 Å². The van der Waals surface area contributed by atoms with E-state index in [0.717, 1.165) is 16.7 Å². The number of carbonyl (C=O) groups is 2. The van der Waals surface area contributed by atoms with Crippen molar-refractivity contribution < 1.29 is 19.1 Å². The number of methoxy groups -OCH3 is 1. The van der Waals surface area contributed by atoms with E-state index in [1.807, 2.05) is 50.2 Å². The van der Waals surface area contributed by atoms with E-state index in [1.54, 1.807) is 24.3 Å². The van der Waals surface area contributed by atoms with Crippen LogP contribution in [0, 0.1) is 13.8 Å². The van der Waals surface area contributed by atoms with Gasteiger partial charge in [0.1, 0.15) is 6.61 Å². The molecular weight excluding hydrogens is 486 g/mol. The van der Waals surface area contributed by atoms with Gasteiger partial charge < -0.3 is 14.8 Å². The molecule has 0 fully saturated rings. The number of hydrazone groups is 1. The van der Waals surface area contributed by atoms with Crippen LogP contribution in [0.4, 0.5) is 5.69 Å². The smallest absolute Gasteiger partial charge is 0.329 e. The molecule has 7 nitrogen and oxygen atoms in total. The molecule has 3 rings (SSSR count). The fourth-order valence-electron chi connectivity index (χ4n) is 2.91. The summed E-state index contributed by atoms with van der Waals surface area (Å²) in [7, 11) is 1.54. The Hall–Kier alpha value is -3.65. The molecule has 33 heavy (non-hydrogen) atoms. The quantitative estimate of drug-likeness (QED) is 0.273. The molecule has 0 radical (unpaired) electrons. The number of halogens is 1. The Bertz CT molecular complexity index is 1180. The average molecular weight is 510 g/mol. The van der Waals surface area contributed by atoms with Crippen molar-refractivity contribution in [2.24, 2.45) is 5.10 Å². The van der Waals surface area contributed by atoms with E-state index in [0.29, 0.717) is 33.8 Å². The number of benzene rings is 3. The molecule has 2 amide bonds.